The molecule has 0 aromatic heterocycles. The fourth-order valence-electron chi connectivity index (χ4n) is 1.99. The fraction of sp³-hybridized carbons (Fsp3) is 0.909. The smallest absolute Gasteiger partial charge is 0.225 e. The lowest BCUT2D eigenvalue weighted by Gasteiger charge is -2.20. The zero-order chi connectivity index (χ0) is 10.6. The third-order valence-corrected chi connectivity index (χ3v) is 3.00. The van der Waals surface area contributed by atoms with Gasteiger partial charge in [-0.3, -0.25) is 4.79 Å². The largest absolute Gasteiger partial charge is 0.342 e. The molecule has 3 nitrogen and oxygen atoms in total. The molecule has 82 valence electrons. The molecule has 0 aromatic carbocycles. The number of likely N-dealkylation sites (tertiary alicyclic amines) is 1. The molecule has 1 saturated heterocycles. The highest BCUT2D eigenvalue weighted by Gasteiger charge is 2.26. The Labute approximate surface area is 86.6 Å². The van der Waals surface area contributed by atoms with Crippen LogP contribution in [0.4, 0.5) is 0 Å². The molecule has 3 heteroatoms. The summed E-state index contributed by atoms with van der Waals surface area (Å²) in [6, 6.07) is 0. The van der Waals surface area contributed by atoms with Gasteiger partial charge in [-0.05, 0) is 31.7 Å². The van der Waals surface area contributed by atoms with E-state index in [0.717, 1.165) is 32.4 Å². The maximum atomic E-state index is 11.9. The molecule has 0 saturated carbocycles. The van der Waals surface area contributed by atoms with Gasteiger partial charge in [0.1, 0.15) is 0 Å². The second-order valence-electron chi connectivity index (χ2n) is 4.51. The maximum absolute atomic E-state index is 11.9. The summed E-state index contributed by atoms with van der Waals surface area (Å²) in [5.74, 6) is 1.16. The normalized spacial score (nSPS) is 23.9. The number of nitrogens with zero attached hydrogens (tertiary/aromatic N) is 1. The minimum absolute atomic E-state index is 0.156. The van der Waals surface area contributed by atoms with Crippen molar-refractivity contribution < 1.29 is 4.79 Å². The Morgan fingerprint density at radius 3 is 2.86 bits per heavy atom. The Balaban J connectivity index is 2.32. The number of nitrogens with two attached hydrogens (primary N) is 1. The van der Waals surface area contributed by atoms with Gasteiger partial charge in [0, 0.05) is 19.0 Å². The summed E-state index contributed by atoms with van der Waals surface area (Å²) in [7, 11) is 0. The van der Waals surface area contributed by atoms with E-state index in [4.69, 9.17) is 5.73 Å². The average Bonchev–Trinajstić information content (AvgIpc) is 2.60. The fourth-order valence-corrected chi connectivity index (χ4v) is 1.99. The first-order chi connectivity index (χ1) is 6.65. The van der Waals surface area contributed by atoms with Crippen LogP contribution in [0.5, 0.6) is 0 Å². The van der Waals surface area contributed by atoms with E-state index in [1.165, 1.54) is 0 Å². The Bertz CT molecular complexity index is 194. The summed E-state index contributed by atoms with van der Waals surface area (Å²) in [5, 5.41) is 0. The summed E-state index contributed by atoms with van der Waals surface area (Å²) in [6.07, 6.45) is 3.05. The summed E-state index contributed by atoms with van der Waals surface area (Å²) in [4.78, 5) is 13.9. The Kier molecular flexibility index (Phi) is 4.39. The lowest BCUT2D eigenvalue weighted by molar-refractivity contribution is -0.134. The second kappa shape index (κ2) is 5.35. The molecule has 1 heterocycles. The number of amides is 1. The standard InChI is InChI=1S/C11H22N2O/c1-9-5-7-13(8-9)11(14)10(2)4-3-6-12/h9-10H,3-8,12H2,1-2H3. The van der Waals surface area contributed by atoms with Gasteiger partial charge in [0.05, 0.1) is 0 Å². The van der Waals surface area contributed by atoms with Gasteiger partial charge in [-0.1, -0.05) is 13.8 Å². The topological polar surface area (TPSA) is 46.3 Å². The highest BCUT2D eigenvalue weighted by molar-refractivity contribution is 5.78. The van der Waals surface area contributed by atoms with Crippen LogP contribution >= 0.6 is 0 Å². The van der Waals surface area contributed by atoms with Crippen molar-refractivity contribution in [3.63, 3.8) is 0 Å². The molecule has 2 unspecified atom stereocenters. The number of hydrogen-bond donors (Lipinski definition) is 1. The lowest BCUT2D eigenvalue weighted by Crippen LogP contribution is -2.33. The van der Waals surface area contributed by atoms with Crippen LogP contribution in [0.3, 0.4) is 0 Å². The average molecular weight is 198 g/mol. The van der Waals surface area contributed by atoms with Crippen molar-refractivity contribution >= 4 is 5.91 Å². The molecule has 0 bridgehead atoms. The van der Waals surface area contributed by atoms with Crippen LogP contribution in [-0.2, 0) is 4.79 Å². The second-order valence-corrected chi connectivity index (χ2v) is 4.51. The molecule has 1 aliphatic heterocycles. The van der Waals surface area contributed by atoms with Crippen molar-refractivity contribution in [2.24, 2.45) is 17.6 Å². The predicted octanol–water partition coefficient (Wildman–Crippen LogP) is 1.23. The summed E-state index contributed by atoms with van der Waals surface area (Å²) >= 11 is 0. The SMILES string of the molecule is CC1CCN(C(=O)C(C)CCCN)C1. The van der Waals surface area contributed by atoms with Crippen molar-refractivity contribution in [1.82, 2.24) is 4.90 Å². The van der Waals surface area contributed by atoms with E-state index in [2.05, 4.69) is 6.92 Å². The van der Waals surface area contributed by atoms with E-state index >= 15 is 0 Å². The molecule has 1 aliphatic rings. The Morgan fingerprint density at radius 2 is 2.36 bits per heavy atom. The molecule has 14 heavy (non-hydrogen) atoms. The molecule has 0 radical (unpaired) electrons. The zero-order valence-corrected chi connectivity index (χ0v) is 9.33. The van der Waals surface area contributed by atoms with Crippen molar-refractivity contribution in [3.05, 3.63) is 0 Å². The van der Waals surface area contributed by atoms with E-state index in [1.807, 2.05) is 11.8 Å². The van der Waals surface area contributed by atoms with Crippen LogP contribution in [0, 0.1) is 11.8 Å². The van der Waals surface area contributed by atoms with E-state index < -0.39 is 0 Å². The minimum Gasteiger partial charge on any atom is -0.342 e. The first-order valence-corrected chi connectivity index (χ1v) is 5.64. The molecule has 2 atom stereocenters. The van der Waals surface area contributed by atoms with Gasteiger partial charge in [-0.25, -0.2) is 0 Å². The van der Waals surface area contributed by atoms with Gasteiger partial charge >= 0.3 is 0 Å². The molecule has 0 aliphatic carbocycles. The van der Waals surface area contributed by atoms with E-state index in [1.54, 1.807) is 0 Å². The van der Waals surface area contributed by atoms with Crippen molar-refractivity contribution in [2.75, 3.05) is 19.6 Å². The molecule has 0 spiro atoms. The number of carbonyl (C=O) groups excluding carboxylic acids is 1. The van der Waals surface area contributed by atoms with Gasteiger partial charge in [0.2, 0.25) is 5.91 Å². The highest BCUT2D eigenvalue weighted by atomic mass is 16.2. The quantitative estimate of drug-likeness (QED) is 0.738. The third-order valence-electron chi connectivity index (χ3n) is 3.00. The number of hydrogen-bond acceptors (Lipinski definition) is 2. The first-order valence-electron chi connectivity index (χ1n) is 5.64. The minimum atomic E-state index is 0.156. The van der Waals surface area contributed by atoms with Crippen LogP contribution in [0.15, 0.2) is 0 Å². The van der Waals surface area contributed by atoms with E-state index in [-0.39, 0.29) is 5.92 Å². The monoisotopic (exact) mass is 198 g/mol. The predicted molar refractivity (Wildman–Crippen MR) is 57.8 cm³/mol. The van der Waals surface area contributed by atoms with Crippen molar-refractivity contribution in [2.45, 2.75) is 33.1 Å². The zero-order valence-electron chi connectivity index (χ0n) is 9.33. The number of carbonyl (C=O) groups is 1. The van der Waals surface area contributed by atoms with Crippen LogP contribution < -0.4 is 5.73 Å². The highest BCUT2D eigenvalue weighted by Crippen LogP contribution is 2.19. The number of rotatable bonds is 4. The molecule has 2 N–H and O–H groups in total. The maximum Gasteiger partial charge on any atom is 0.225 e. The summed E-state index contributed by atoms with van der Waals surface area (Å²) in [6.45, 7) is 6.81. The molecule has 1 fully saturated rings. The molecular weight excluding hydrogens is 176 g/mol. The van der Waals surface area contributed by atoms with Crippen molar-refractivity contribution in [3.8, 4) is 0 Å². The van der Waals surface area contributed by atoms with Crippen LogP contribution in [0.25, 0.3) is 0 Å². The lowest BCUT2D eigenvalue weighted by atomic mass is 10.0. The van der Waals surface area contributed by atoms with Crippen LogP contribution in [0.1, 0.15) is 33.1 Å². The van der Waals surface area contributed by atoms with E-state index in [9.17, 15) is 4.79 Å². The molecule has 1 amide bonds. The van der Waals surface area contributed by atoms with E-state index in [0.29, 0.717) is 18.4 Å². The first kappa shape index (κ1) is 11.5. The summed E-state index contributed by atoms with van der Waals surface area (Å²) in [5.41, 5.74) is 5.43. The van der Waals surface area contributed by atoms with Crippen LogP contribution in [-0.4, -0.2) is 30.4 Å². The Morgan fingerprint density at radius 1 is 1.64 bits per heavy atom. The molecule has 1 rings (SSSR count). The van der Waals surface area contributed by atoms with Gasteiger partial charge < -0.3 is 10.6 Å². The van der Waals surface area contributed by atoms with Gasteiger partial charge in [-0.2, -0.15) is 0 Å². The third kappa shape index (κ3) is 2.98. The van der Waals surface area contributed by atoms with Crippen molar-refractivity contribution in [1.29, 1.82) is 0 Å². The molecular formula is C11H22N2O. The van der Waals surface area contributed by atoms with Crippen LogP contribution in [0.2, 0.25) is 0 Å². The van der Waals surface area contributed by atoms with Gasteiger partial charge in [0.15, 0.2) is 0 Å². The van der Waals surface area contributed by atoms with Gasteiger partial charge in [0.25, 0.3) is 0 Å². The molecule has 0 aromatic rings. The Hall–Kier alpha value is -0.570. The van der Waals surface area contributed by atoms with Gasteiger partial charge in [-0.15, -0.1) is 0 Å². The summed E-state index contributed by atoms with van der Waals surface area (Å²) < 4.78 is 0.